The van der Waals surface area contributed by atoms with Crippen LogP contribution in [0.5, 0.6) is 11.5 Å². The third-order valence-corrected chi connectivity index (χ3v) is 7.38. The average molecular weight is 573 g/mol. The molecular formula is C31H25ClN2O7. The number of ketones is 1. The van der Waals surface area contributed by atoms with Crippen LogP contribution in [0.1, 0.15) is 43.9 Å². The molecule has 1 fully saturated rings. The van der Waals surface area contributed by atoms with Crippen molar-refractivity contribution in [3.05, 3.63) is 107 Å². The van der Waals surface area contributed by atoms with Crippen molar-refractivity contribution in [3.63, 3.8) is 0 Å². The Morgan fingerprint density at radius 1 is 0.854 bits per heavy atom. The fourth-order valence-electron chi connectivity index (χ4n) is 4.88. The Morgan fingerprint density at radius 2 is 1.51 bits per heavy atom. The van der Waals surface area contributed by atoms with Gasteiger partial charge in [0.15, 0.2) is 5.78 Å². The first-order valence-electron chi connectivity index (χ1n) is 12.9. The molecular weight excluding hydrogens is 548 g/mol. The lowest BCUT2D eigenvalue weighted by Crippen LogP contribution is -2.52. The molecule has 2 atom stereocenters. The summed E-state index contributed by atoms with van der Waals surface area (Å²) < 4.78 is 10.5. The van der Waals surface area contributed by atoms with E-state index in [1.807, 2.05) is 12.2 Å². The first kappa shape index (κ1) is 27.8. The highest BCUT2D eigenvalue weighted by molar-refractivity contribution is 6.34. The Morgan fingerprint density at radius 3 is 2.15 bits per heavy atom. The molecule has 0 N–H and O–H groups in total. The van der Waals surface area contributed by atoms with Crippen molar-refractivity contribution >= 4 is 41.1 Å². The number of carbonyl (C=O) groups is 5. The number of Topliss-reactive ketones (excluding diaryl/α,β-unsaturated/α-hetero) is 1. The number of fused-ring (bicyclic) bond motifs is 1. The third kappa shape index (κ3) is 5.62. The number of esters is 1. The molecule has 9 nitrogen and oxygen atoms in total. The van der Waals surface area contributed by atoms with Gasteiger partial charge in [-0.15, -0.1) is 0 Å². The van der Waals surface area contributed by atoms with Gasteiger partial charge in [-0.2, -0.15) is 5.01 Å². The summed E-state index contributed by atoms with van der Waals surface area (Å²) in [6.45, 7) is -0.586. The van der Waals surface area contributed by atoms with Gasteiger partial charge >= 0.3 is 5.97 Å². The molecule has 10 heteroatoms. The van der Waals surface area contributed by atoms with E-state index in [2.05, 4.69) is 0 Å². The second-order valence-electron chi connectivity index (χ2n) is 9.56. The number of halogens is 1. The fourth-order valence-corrected chi connectivity index (χ4v) is 5.10. The number of carbonyl (C=O) groups excluding carboxylic acids is 5. The van der Waals surface area contributed by atoms with Gasteiger partial charge in [0.25, 0.3) is 17.7 Å². The third-order valence-electron chi connectivity index (χ3n) is 7.05. The predicted octanol–water partition coefficient (Wildman–Crippen LogP) is 4.76. The molecule has 0 unspecified atom stereocenters. The molecule has 0 radical (unpaired) electrons. The molecule has 1 aliphatic heterocycles. The minimum atomic E-state index is -0.749. The molecule has 2 aliphatic rings. The molecule has 1 heterocycles. The van der Waals surface area contributed by atoms with Crippen LogP contribution in [0.3, 0.4) is 0 Å². The largest absolute Gasteiger partial charge is 0.497 e. The highest BCUT2D eigenvalue weighted by atomic mass is 35.5. The minimum Gasteiger partial charge on any atom is -0.497 e. The van der Waals surface area contributed by atoms with Crippen molar-refractivity contribution in [3.8, 4) is 11.5 Å². The molecule has 208 valence electrons. The van der Waals surface area contributed by atoms with E-state index in [1.165, 1.54) is 49.6 Å². The van der Waals surface area contributed by atoms with Gasteiger partial charge in [-0.05, 0) is 67.4 Å². The SMILES string of the molecule is COc1cccc(C(=O)Oc2ccc(C(=O)CN(C(=O)c3ccccc3Cl)N3C(=O)[C@H]4CC=CC[C@H]4C3=O)cc2)c1. The van der Waals surface area contributed by atoms with Gasteiger partial charge in [0.1, 0.15) is 18.0 Å². The lowest BCUT2D eigenvalue weighted by molar-refractivity contribution is -0.154. The zero-order chi connectivity index (χ0) is 29.1. The molecule has 1 saturated heterocycles. The number of imide groups is 1. The molecule has 3 amide bonds. The van der Waals surface area contributed by atoms with Gasteiger partial charge in [-0.3, -0.25) is 19.2 Å². The van der Waals surface area contributed by atoms with Crippen molar-refractivity contribution in [2.24, 2.45) is 11.8 Å². The number of rotatable bonds is 8. The van der Waals surface area contributed by atoms with Crippen LogP contribution in [-0.4, -0.2) is 53.1 Å². The topological polar surface area (TPSA) is 110 Å². The van der Waals surface area contributed by atoms with Gasteiger partial charge in [0.2, 0.25) is 0 Å². The minimum absolute atomic E-state index is 0.0513. The number of hydrogen-bond donors (Lipinski definition) is 0. The zero-order valence-corrected chi connectivity index (χ0v) is 22.7. The first-order valence-corrected chi connectivity index (χ1v) is 13.2. The van der Waals surface area contributed by atoms with Crippen molar-refractivity contribution in [1.82, 2.24) is 10.0 Å². The van der Waals surface area contributed by atoms with E-state index in [0.29, 0.717) is 18.6 Å². The number of benzene rings is 3. The van der Waals surface area contributed by atoms with E-state index in [0.717, 1.165) is 10.0 Å². The van der Waals surface area contributed by atoms with Crippen LogP contribution < -0.4 is 9.47 Å². The van der Waals surface area contributed by atoms with Crippen molar-refractivity contribution in [2.45, 2.75) is 12.8 Å². The predicted molar refractivity (Wildman–Crippen MR) is 148 cm³/mol. The zero-order valence-electron chi connectivity index (χ0n) is 22.0. The first-order chi connectivity index (χ1) is 19.8. The highest BCUT2D eigenvalue weighted by Gasteiger charge is 2.51. The number of hydrazine groups is 1. The molecule has 0 bridgehead atoms. The summed E-state index contributed by atoms with van der Waals surface area (Å²) in [5.74, 6) is -3.45. The number of allylic oxidation sites excluding steroid dienone is 2. The van der Waals surface area contributed by atoms with Crippen molar-refractivity contribution in [1.29, 1.82) is 0 Å². The number of methoxy groups -OCH3 is 1. The number of nitrogens with zero attached hydrogens (tertiary/aromatic N) is 2. The molecule has 1 aliphatic carbocycles. The molecule has 0 spiro atoms. The fraction of sp³-hybridized carbons (Fsp3) is 0.194. The Hall–Kier alpha value is -4.76. The Kier molecular flexibility index (Phi) is 7.98. The van der Waals surface area contributed by atoms with Gasteiger partial charge in [0.05, 0.1) is 35.1 Å². The van der Waals surface area contributed by atoms with E-state index < -0.39 is 47.9 Å². The number of hydrogen-bond acceptors (Lipinski definition) is 7. The summed E-state index contributed by atoms with van der Waals surface area (Å²) in [5.41, 5.74) is 0.519. The second-order valence-corrected chi connectivity index (χ2v) is 9.96. The lowest BCUT2D eigenvalue weighted by Gasteiger charge is -2.30. The quantitative estimate of drug-likeness (QED) is 0.126. The van der Waals surface area contributed by atoms with E-state index in [-0.39, 0.29) is 27.5 Å². The standard InChI is InChI=1S/C31H25ClN2O7/c1-40-22-8-6-7-20(17-22)31(39)41-21-15-13-19(14-16-21)27(35)18-33(28(36)25-11-4-5-12-26(25)32)34-29(37)23-9-2-3-10-24(23)30(34)38/h2-8,11-17,23-24H,9-10,18H2,1H3/t23-,24+. The summed E-state index contributed by atoms with van der Waals surface area (Å²) in [6.07, 6.45) is 4.43. The van der Waals surface area contributed by atoms with Crippen LogP contribution in [-0.2, 0) is 9.59 Å². The van der Waals surface area contributed by atoms with E-state index in [4.69, 9.17) is 21.1 Å². The van der Waals surface area contributed by atoms with Crippen LogP contribution in [0.4, 0.5) is 0 Å². The maximum Gasteiger partial charge on any atom is 0.343 e. The van der Waals surface area contributed by atoms with Gasteiger partial charge in [0, 0.05) is 5.56 Å². The van der Waals surface area contributed by atoms with Crippen LogP contribution in [0.15, 0.2) is 84.9 Å². The summed E-state index contributed by atoms with van der Waals surface area (Å²) in [5, 5.41) is 1.80. The monoisotopic (exact) mass is 572 g/mol. The van der Waals surface area contributed by atoms with Crippen LogP contribution in [0.2, 0.25) is 5.02 Å². The highest BCUT2D eigenvalue weighted by Crippen LogP contribution is 2.36. The van der Waals surface area contributed by atoms with Gasteiger partial charge < -0.3 is 9.47 Å². The summed E-state index contributed by atoms with van der Waals surface area (Å²) >= 11 is 6.26. The van der Waals surface area contributed by atoms with E-state index in [1.54, 1.807) is 30.3 Å². The summed E-state index contributed by atoms with van der Waals surface area (Å²) in [6, 6.07) is 18.5. The lowest BCUT2D eigenvalue weighted by atomic mass is 9.85. The van der Waals surface area contributed by atoms with Crippen LogP contribution >= 0.6 is 11.6 Å². The van der Waals surface area contributed by atoms with Gasteiger partial charge in [-0.25, -0.2) is 9.80 Å². The van der Waals surface area contributed by atoms with Gasteiger partial charge in [-0.1, -0.05) is 42.0 Å². The second kappa shape index (κ2) is 11.8. The molecule has 3 aromatic rings. The summed E-state index contributed by atoms with van der Waals surface area (Å²) in [7, 11) is 1.49. The van der Waals surface area contributed by atoms with E-state index >= 15 is 0 Å². The maximum absolute atomic E-state index is 13.6. The molecule has 5 rings (SSSR count). The number of amides is 3. The molecule has 3 aromatic carbocycles. The van der Waals surface area contributed by atoms with E-state index in [9.17, 15) is 24.0 Å². The van der Waals surface area contributed by atoms with Crippen molar-refractivity contribution < 1.29 is 33.4 Å². The average Bonchev–Trinajstić information content (AvgIpc) is 3.25. The number of ether oxygens (including phenoxy) is 2. The Labute approximate surface area is 240 Å². The summed E-state index contributed by atoms with van der Waals surface area (Å²) in [4.78, 5) is 66.2. The molecule has 0 aromatic heterocycles. The molecule has 0 saturated carbocycles. The van der Waals surface area contributed by atoms with Crippen LogP contribution in [0, 0.1) is 11.8 Å². The van der Waals surface area contributed by atoms with Crippen molar-refractivity contribution in [2.75, 3.05) is 13.7 Å². The Balaban J connectivity index is 1.37. The smallest absolute Gasteiger partial charge is 0.343 e. The van der Waals surface area contributed by atoms with Crippen LogP contribution in [0.25, 0.3) is 0 Å². The molecule has 41 heavy (non-hydrogen) atoms. The Bertz CT molecular complexity index is 1540. The maximum atomic E-state index is 13.6. The normalized spacial score (nSPS) is 17.7.